The van der Waals surface area contributed by atoms with Crippen molar-refractivity contribution in [1.82, 2.24) is 9.88 Å². The van der Waals surface area contributed by atoms with E-state index < -0.39 is 0 Å². The van der Waals surface area contributed by atoms with Gasteiger partial charge in [-0.3, -0.25) is 19.3 Å². The Hall–Kier alpha value is -2.80. The number of hydrogen-bond acceptors (Lipinski definition) is 5. The van der Waals surface area contributed by atoms with Crippen LogP contribution in [0.5, 0.6) is 0 Å². The monoisotopic (exact) mass is 395 g/mol. The first-order chi connectivity index (χ1) is 13.6. The van der Waals surface area contributed by atoms with E-state index >= 15 is 0 Å². The number of carbonyl (C=O) groups is 3. The number of likely N-dealkylation sites (tertiary alicyclic amines) is 1. The molecule has 2 aliphatic rings. The van der Waals surface area contributed by atoms with Crippen molar-refractivity contribution < 1.29 is 14.4 Å². The molecular formula is C21H21N3O3S. The summed E-state index contributed by atoms with van der Waals surface area (Å²) >= 11 is 1.43. The molecule has 2 atom stereocenters. The molecule has 1 aromatic heterocycles. The molecule has 4 rings (SSSR count). The van der Waals surface area contributed by atoms with E-state index in [4.69, 9.17) is 0 Å². The van der Waals surface area contributed by atoms with Gasteiger partial charge >= 0.3 is 0 Å². The molecule has 7 heteroatoms. The molecule has 6 nitrogen and oxygen atoms in total. The molecule has 0 saturated carbocycles. The van der Waals surface area contributed by atoms with Crippen LogP contribution in [0, 0.1) is 11.8 Å². The molecule has 1 aliphatic heterocycles. The summed E-state index contributed by atoms with van der Waals surface area (Å²) < 4.78 is 0. The minimum absolute atomic E-state index is 0.0813. The highest BCUT2D eigenvalue weighted by Gasteiger charge is 2.46. The molecule has 0 bridgehead atoms. The number of carbonyl (C=O) groups excluding carboxylic acids is 3. The Labute approximate surface area is 167 Å². The molecule has 2 heterocycles. The van der Waals surface area contributed by atoms with Crippen LogP contribution in [0.4, 0.5) is 5.13 Å². The number of benzene rings is 1. The van der Waals surface area contributed by atoms with E-state index in [0.717, 1.165) is 11.3 Å². The van der Waals surface area contributed by atoms with E-state index in [1.54, 1.807) is 6.20 Å². The van der Waals surface area contributed by atoms with Gasteiger partial charge in [0.05, 0.1) is 11.8 Å². The molecular weight excluding hydrogens is 374 g/mol. The summed E-state index contributed by atoms with van der Waals surface area (Å²) in [6, 6.07) is 10.1. The number of allylic oxidation sites excluding steroid dienone is 2. The lowest BCUT2D eigenvalue weighted by molar-refractivity contribution is -0.140. The van der Waals surface area contributed by atoms with E-state index in [0.29, 0.717) is 18.0 Å². The van der Waals surface area contributed by atoms with Crippen molar-refractivity contribution in [2.75, 3.05) is 11.9 Å². The van der Waals surface area contributed by atoms with Crippen LogP contribution in [0.3, 0.4) is 0 Å². The maximum atomic E-state index is 12.4. The third-order valence-corrected chi connectivity index (χ3v) is 6.10. The molecule has 0 radical (unpaired) electrons. The second-order valence-corrected chi connectivity index (χ2v) is 8.19. The van der Waals surface area contributed by atoms with Crippen LogP contribution in [-0.4, -0.2) is 34.2 Å². The fourth-order valence-corrected chi connectivity index (χ4v) is 4.59. The van der Waals surface area contributed by atoms with Crippen LogP contribution in [0.25, 0.3) is 0 Å². The molecule has 28 heavy (non-hydrogen) atoms. The summed E-state index contributed by atoms with van der Waals surface area (Å²) in [7, 11) is 0. The number of nitrogens with zero attached hydrogens (tertiary/aromatic N) is 2. The van der Waals surface area contributed by atoms with Crippen molar-refractivity contribution in [3.05, 3.63) is 59.1 Å². The molecule has 1 aliphatic carbocycles. The Bertz CT molecular complexity index is 896. The lowest BCUT2D eigenvalue weighted by atomic mass is 9.85. The van der Waals surface area contributed by atoms with Crippen molar-refractivity contribution in [2.45, 2.75) is 25.7 Å². The Morgan fingerprint density at radius 2 is 1.79 bits per heavy atom. The van der Waals surface area contributed by atoms with Gasteiger partial charge in [-0.1, -0.05) is 42.5 Å². The van der Waals surface area contributed by atoms with Crippen LogP contribution in [0.2, 0.25) is 0 Å². The van der Waals surface area contributed by atoms with Crippen LogP contribution in [0.1, 0.15) is 29.7 Å². The number of fused-ring (bicyclic) bond motifs is 1. The van der Waals surface area contributed by atoms with E-state index in [1.807, 2.05) is 30.4 Å². The zero-order valence-electron chi connectivity index (χ0n) is 15.3. The molecule has 0 spiro atoms. The average Bonchev–Trinajstić information content (AvgIpc) is 3.24. The van der Waals surface area contributed by atoms with Crippen LogP contribution in [0.15, 0.2) is 48.7 Å². The SMILES string of the molecule is O=C(CCN1C(=O)[C@H]2CC=CC[C@@H]2C1=O)Nc1ncc(Cc2ccccc2)s1. The summed E-state index contributed by atoms with van der Waals surface area (Å²) in [6.45, 7) is 0.124. The highest BCUT2D eigenvalue weighted by Crippen LogP contribution is 2.35. The standard InChI is InChI=1S/C21H21N3O3S/c25-18(10-11-24-19(26)16-8-4-5-9-17(16)20(24)27)23-21-22-13-15(28-21)12-14-6-2-1-3-7-14/h1-7,13,16-17H,8-12H2,(H,22,23,25)/t16-,17-/m0/s1. The number of imide groups is 1. The molecule has 144 valence electrons. The second-order valence-electron chi connectivity index (χ2n) is 7.08. The molecule has 3 amide bonds. The summed E-state index contributed by atoms with van der Waals surface area (Å²) in [5, 5.41) is 3.31. The third-order valence-electron chi connectivity index (χ3n) is 5.18. The van der Waals surface area contributed by atoms with Crippen molar-refractivity contribution in [3.63, 3.8) is 0 Å². The quantitative estimate of drug-likeness (QED) is 0.602. The van der Waals surface area contributed by atoms with Gasteiger partial charge in [0.15, 0.2) is 5.13 Å². The maximum Gasteiger partial charge on any atom is 0.233 e. The number of amides is 3. The molecule has 1 fully saturated rings. The van der Waals surface area contributed by atoms with Gasteiger partial charge in [0.25, 0.3) is 0 Å². The van der Waals surface area contributed by atoms with Crippen LogP contribution >= 0.6 is 11.3 Å². The predicted molar refractivity (Wildman–Crippen MR) is 107 cm³/mol. The van der Waals surface area contributed by atoms with Gasteiger partial charge < -0.3 is 5.32 Å². The number of anilines is 1. The number of hydrogen-bond donors (Lipinski definition) is 1. The Morgan fingerprint density at radius 1 is 1.11 bits per heavy atom. The number of aromatic nitrogens is 1. The van der Waals surface area contributed by atoms with Crippen molar-refractivity contribution in [1.29, 1.82) is 0 Å². The Morgan fingerprint density at radius 3 is 2.46 bits per heavy atom. The summed E-state index contributed by atoms with van der Waals surface area (Å²) in [4.78, 5) is 43.7. The molecule has 1 N–H and O–H groups in total. The van der Waals surface area contributed by atoms with Gasteiger partial charge in [0, 0.05) is 30.5 Å². The third kappa shape index (κ3) is 3.89. The zero-order chi connectivity index (χ0) is 19.5. The van der Waals surface area contributed by atoms with Crippen molar-refractivity contribution in [2.24, 2.45) is 11.8 Å². The minimum atomic E-state index is -0.250. The molecule has 2 aromatic rings. The van der Waals surface area contributed by atoms with E-state index in [2.05, 4.69) is 22.4 Å². The fourth-order valence-electron chi connectivity index (χ4n) is 3.73. The van der Waals surface area contributed by atoms with Gasteiger partial charge in [0.1, 0.15) is 0 Å². The normalized spacial score (nSPS) is 21.1. The van der Waals surface area contributed by atoms with Gasteiger partial charge in [-0.2, -0.15) is 0 Å². The Balaban J connectivity index is 1.29. The number of rotatable bonds is 6. The second kappa shape index (κ2) is 8.06. The minimum Gasteiger partial charge on any atom is -0.302 e. The van der Waals surface area contributed by atoms with Crippen molar-refractivity contribution in [3.8, 4) is 0 Å². The fraction of sp³-hybridized carbons (Fsp3) is 0.333. The van der Waals surface area contributed by atoms with E-state index in [9.17, 15) is 14.4 Å². The number of nitrogens with one attached hydrogen (secondary N) is 1. The molecule has 1 aromatic carbocycles. The topological polar surface area (TPSA) is 79.4 Å². The lowest BCUT2D eigenvalue weighted by Gasteiger charge is -2.14. The van der Waals surface area contributed by atoms with Crippen LogP contribution < -0.4 is 5.32 Å². The van der Waals surface area contributed by atoms with E-state index in [1.165, 1.54) is 21.8 Å². The van der Waals surface area contributed by atoms with Gasteiger partial charge in [0.2, 0.25) is 17.7 Å². The predicted octanol–water partition coefficient (Wildman–Crippen LogP) is 3.01. The summed E-state index contributed by atoms with van der Waals surface area (Å²) in [5.41, 5.74) is 1.19. The number of thiazole rings is 1. The van der Waals surface area contributed by atoms with Gasteiger partial charge in [-0.05, 0) is 18.4 Å². The van der Waals surface area contributed by atoms with Crippen LogP contribution in [-0.2, 0) is 20.8 Å². The van der Waals surface area contributed by atoms with E-state index in [-0.39, 0.29) is 42.5 Å². The molecule has 0 unspecified atom stereocenters. The van der Waals surface area contributed by atoms with Gasteiger partial charge in [-0.15, -0.1) is 11.3 Å². The summed E-state index contributed by atoms with van der Waals surface area (Å²) in [6.07, 6.45) is 7.75. The lowest BCUT2D eigenvalue weighted by Crippen LogP contribution is -2.34. The smallest absolute Gasteiger partial charge is 0.233 e. The van der Waals surface area contributed by atoms with Crippen molar-refractivity contribution >= 4 is 34.2 Å². The zero-order valence-corrected chi connectivity index (χ0v) is 16.2. The first-order valence-electron chi connectivity index (χ1n) is 9.40. The van der Waals surface area contributed by atoms with Gasteiger partial charge in [-0.25, -0.2) is 4.98 Å². The highest BCUT2D eigenvalue weighted by atomic mass is 32.1. The highest BCUT2D eigenvalue weighted by molar-refractivity contribution is 7.15. The summed E-state index contributed by atoms with van der Waals surface area (Å²) in [5.74, 6) is -1.03. The first kappa shape index (κ1) is 18.6. The maximum absolute atomic E-state index is 12.4. The largest absolute Gasteiger partial charge is 0.302 e. The average molecular weight is 395 g/mol. The Kier molecular flexibility index (Phi) is 5.34. The first-order valence-corrected chi connectivity index (χ1v) is 10.2. The molecule has 1 saturated heterocycles.